The molecule has 0 aromatic heterocycles. The summed E-state index contributed by atoms with van der Waals surface area (Å²) in [6.45, 7) is 5.80. The van der Waals surface area contributed by atoms with Crippen LogP contribution < -0.4 is 0 Å². The number of halogens is 1. The average Bonchev–Trinajstić information content (AvgIpc) is 2.05. The molecule has 1 saturated heterocycles. The first-order valence-corrected chi connectivity index (χ1v) is 7.79. The van der Waals surface area contributed by atoms with E-state index in [0.717, 1.165) is 12.8 Å². The highest BCUT2D eigenvalue weighted by molar-refractivity contribution is 7.92. The minimum Gasteiger partial charge on any atom is -0.243 e. The molecule has 0 atom stereocenters. The molecule has 94 valence electrons. The average molecular weight is 248 g/mol. The van der Waals surface area contributed by atoms with Crippen molar-refractivity contribution in [3.8, 4) is 0 Å². The van der Waals surface area contributed by atoms with Gasteiger partial charge in [0.1, 0.15) is 5.67 Å². The Morgan fingerprint density at radius 2 is 1.44 bits per heavy atom. The van der Waals surface area contributed by atoms with Crippen LogP contribution in [0.2, 0.25) is 0 Å². The maximum atomic E-state index is 14.6. The van der Waals surface area contributed by atoms with Crippen LogP contribution in [0.4, 0.5) is 4.39 Å². The van der Waals surface area contributed by atoms with Gasteiger partial charge in [-0.2, -0.15) is 0 Å². The van der Waals surface area contributed by atoms with Crippen molar-refractivity contribution in [3.05, 3.63) is 0 Å². The van der Waals surface area contributed by atoms with Gasteiger partial charge in [0.05, 0.1) is 11.5 Å². The summed E-state index contributed by atoms with van der Waals surface area (Å²) in [5.74, 6) is 0.584. The minimum absolute atomic E-state index is 0.0698. The van der Waals surface area contributed by atoms with Gasteiger partial charge in [-0.15, -0.1) is 0 Å². The molecule has 2 fully saturated rings. The molecule has 1 saturated carbocycles. The van der Waals surface area contributed by atoms with Gasteiger partial charge in [0.2, 0.25) is 0 Å². The van der Waals surface area contributed by atoms with Crippen LogP contribution in [0.15, 0.2) is 0 Å². The summed E-state index contributed by atoms with van der Waals surface area (Å²) in [5, 5.41) is 0. The van der Waals surface area contributed by atoms with Crippen molar-refractivity contribution in [2.45, 2.75) is 52.1 Å². The largest absolute Gasteiger partial charge is 0.243 e. The molecule has 1 spiro atoms. The number of alkyl halides is 1. The van der Waals surface area contributed by atoms with Gasteiger partial charge in [-0.1, -0.05) is 20.8 Å². The van der Waals surface area contributed by atoms with Gasteiger partial charge in [0.25, 0.3) is 0 Å². The van der Waals surface area contributed by atoms with Crippen LogP contribution in [-0.2, 0) is 9.84 Å². The van der Waals surface area contributed by atoms with Gasteiger partial charge in [0.15, 0.2) is 9.84 Å². The zero-order chi connectivity index (χ0) is 12.2. The molecule has 1 aliphatic heterocycles. The predicted molar refractivity (Wildman–Crippen MR) is 62.8 cm³/mol. The van der Waals surface area contributed by atoms with Crippen LogP contribution in [0.3, 0.4) is 0 Å². The van der Waals surface area contributed by atoms with Gasteiger partial charge in [-0.05, 0) is 36.5 Å². The van der Waals surface area contributed by atoms with Crippen molar-refractivity contribution in [2.75, 3.05) is 11.5 Å². The summed E-state index contributed by atoms with van der Waals surface area (Å²) in [6, 6.07) is 0. The normalized spacial score (nSPS) is 31.0. The quantitative estimate of drug-likeness (QED) is 0.660. The Bertz CT molecular complexity index is 370. The Labute approximate surface area is 97.5 Å². The van der Waals surface area contributed by atoms with Crippen molar-refractivity contribution < 1.29 is 12.8 Å². The van der Waals surface area contributed by atoms with Gasteiger partial charge in [-0.3, -0.25) is 0 Å². The van der Waals surface area contributed by atoms with E-state index in [1.807, 2.05) is 20.8 Å². The second-order valence-corrected chi connectivity index (χ2v) is 8.81. The Morgan fingerprint density at radius 3 is 1.75 bits per heavy atom. The van der Waals surface area contributed by atoms with E-state index in [1.54, 1.807) is 0 Å². The van der Waals surface area contributed by atoms with E-state index in [1.165, 1.54) is 0 Å². The molecule has 0 aromatic rings. The monoisotopic (exact) mass is 248 g/mol. The standard InChI is InChI=1S/C12H21FO2S/c1-10(2,3)12(13)6-4-11(5-7-12)8-16(14,15)9-11/h4-9H2,1-3H3. The Kier molecular flexibility index (Phi) is 2.48. The highest BCUT2D eigenvalue weighted by Crippen LogP contribution is 2.54. The minimum atomic E-state index is -2.78. The van der Waals surface area contributed by atoms with Gasteiger partial charge in [0, 0.05) is 0 Å². The summed E-state index contributed by atoms with van der Waals surface area (Å²) >= 11 is 0. The van der Waals surface area contributed by atoms with E-state index in [0.29, 0.717) is 24.3 Å². The zero-order valence-electron chi connectivity index (χ0n) is 10.3. The lowest BCUT2D eigenvalue weighted by atomic mass is 9.63. The highest BCUT2D eigenvalue weighted by atomic mass is 32.2. The van der Waals surface area contributed by atoms with Gasteiger partial charge < -0.3 is 0 Å². The van der Waals surface area contributed by atoms with Gasteiger partial charge in [-0.25, -0.2) is 12.8 Å². The van der Waals surface area contributed by atoms with Crippen molar-refractivity contribution >= 4 is 9.84 Å². The topological polar surface area (TPSA) is 34.1 Å². The molecule has 16 heavy (non-hydrogen) atoms. The smallest absolute Gasteiger partial charge is 0.151 e. The van der Waals surface area contributed by atoms with Crippen LogP contribution in [-0.4, -0.2) is 25.6 Å². The number of hydrogen-bond acceptors (Lipinski definition) is 2. The third-order valence-electron chi connectivity index (χ3n) is 4.50. The van der Waals surface area contributed by atoms with E-state index < -0.39 is 15.5 Å². The van der Waals surface area contributed by atoms with Crippen LogP contribution >= 0.6 is 0 Å². The molecule has 1 aliphatic carbocycles. The molecule has 0 unspecified atom stereocenters. The third kappa shape index (κ3) is 1.89. The zero-order valence-corrected chi connectivity index (χ0v) is 11.2. The molecule has 0 aromatic carbocycles. The fraction of sp³-hybridized carbons (Fsp3) is 1.00. The van der Waals surface area contributed by atoms with Crippen LogP contribution in [0.25, 0.3) is 0 Å². The summed E-state index contributed by atoms with van der Waals surface area (Å²) in [6.07, 6.45) is 2.51. The molecule has 4 heteroatoms. The molecular formula is C12H21FO2S. The number of hydrogen-bond donors (Lipinski definition) is 0. The first-order valence-electron chi connectivity index (χ1n) is 5.97. The second kappa shape index (κ2) is 3.21. The molecule has 2 nitrogen and oxygen atoms in total. The summed E-state index contributed by atoms with van der Waals surface area (Å²) < 4.78 is 37.1. The van der Waals surface area contributed by atoms with Crippen molar-refractivity contribution in [1.82, 2.24) is 0 Å². The Balaban J connectivity index is 2.04. The van der Waals surface area contributed by atoms with E-state index in [9.17, 15) is 12.8 Å². The molecule has 0 amide bonds. The Hall–Kier alpha value is -0.120. The Morgan fingerprint density at radius 1 is 1.00 bits per heavy atom. The maximum absolute atomic E-state index is 14.6. The molecule has 2 rings (SSSR count). The van der Waals surface area contributed by atoms with E-state index >= 15 is 0 Å². The fourth-order valence-electron chi connectivity index (χ4n) is 3.11. The fourth-order valence-corrected chi connectivity index (χ4v) is 5.46. The van der Waals surface area contributed by atoms with Gasteiger partial charge >= 0.3 is 0 Å². The molecule has 1 heterocycles. The van der Waals surface area contributed by atoms with Crippen LogP contribution in [0.1, 0.15) is 46.5 Å². The summed E-state index contributed by atoms with van der Waals surface area (Å²) in [7, 11) is -2.78. The van der Waals surface area contributed by atoms with E-state index in [2.05, 4.69) is 0 Å². The third-order valence-corrected chi connectivity index (χ3v) is 6.60. The first-order chi connectivity index (χ1) is 7.08. The van der Waals surface area contributed by atoms with Crippen molar-refractivity contribution in [2.24, 2.45) is 10.8 Å². The lowest BCUT2D eigenvalue weighted by Gasteiger charge is -2.51. The van der Waals surface area contributed by atoms with Crippen molar-refractivity contribution in [3.63, 3.8) is 0 Å². The lowest BCUT2D eigenvalue weighted by molar-refractivity contribution is -0.0352. The molecular weight excluding hydrogens is 227 g/mol. The first kappa shape index (κ1) is 12.3. The molecule has 0 N–H and O–H groups in total. The van der Waals surface area contributed by atoms with Crippen molar-refractivity contribution in [1.29, 1.82) is 0 Å². The maximum Gasteiger partial charge on any atom is 0.151 e. The predicted octanol–water partition coefficient (Wildman–Crippen LogP) is 2.73. The number of sulfone groups is 1. The molecule has 0 bridgehead atoms. The van der Waals surface area contributed by atoms with E-state index in [-0.39, 0.29) is 10.8 Å². The highest BCUT2D eigenvalue weighted by Gasteiger charge is 2.55. The SMILES string of the molecule is CC(C)(C)C1(F)CCC2(CC1)CS(=O)(=O)C2. The summed E-state index contributed by atoms with van der Waals surface area (Å²) in [5.41, 5.74) is -1.52. The lowest BCUT2D eigenvalue weighted by Crippen LogP contribution is -2.54. The molecule has 2 aliphatic rings. The summed E-state index contributed by atoms with van der Waals surface area (Å²) in [4.78, 5) is 0. The number of rotatable bonds is 0. The van der Waals surface area contributed by atoms with Crippen LogP contribution in [0, 0.1) is 10.8 Å². The molecule has 0 radical (unpaired) electrons. The van der Waals surface area contributed by atoms with E-state index in [4.69, 9.17) is 0 Å². The van der Waals surface area contributed by atoms with Crippen LogP contribution in [0.5, 0.6) is 0 Å². The second-order valence-electron chi connectivity index (χ2n) is 6.75.